The molecule has 10 atom stereocenters. The van der Waals surface area contributed by atoms with Crippen LogP contribution in [-0.4, -0.2) is 110 Å². The van der Waals surface area contributed by atoms with Crippen molar-refractivity contribution in [2.24, 2.45) is 17.8 Å². The average Bonchev–Trinajstić information content (AvgIpc) is 3.91. The number of aliphatic hydroxyl groups excluding tert-OH is 3. The summed E-state index contributed by atoms with van der Waals surface area (Å²) < 4.78 is 63.2. The highest BCUT2D eigenvalue weighted by atomic mass is 31.2. The van der Waals surface area contributed by atoms with E-state index < -0.39 is 68.0 Å². The summed E-state index contributed by atoms with van der Waals surface area (Å²) in [5.74, 6) is -2.39. The lowest BCUT2D eigenvalue weighted by Gasteiger charge is -2.25. The third-order valence-corrected chi connectivity index (χ3v) is 12.1. The quantitative estimate of drug-likeness (QED) is 0.0684. The molecule has 4 heterocycles. The van der Waals surface area contributed by atoms with Crippen molar-refractivity contribution in [3.05, 3.63) is 79.9 Å². The lowest BCUT2D eigenvalue weighted by Crippen LogP contribution is -2.28. The molecule has 5 aromatic rings. The number of carbonyl (C=O) groups excluding carboxylic acids is 1. The van der Waals surface area contributed by atoms with Gasteiger partial charge >= 0.3 is 13.6 Å². The molecule has 310 valence electrons. The SMILES string of the molecule is C=C1[C@@H](n2cnc3c(N)ncnc32)C(F)[C@@H](O)[C@H]1CO.C=C1[C@@H](n2cnc3c(N)ncnc32)C(F)[C@@H](O)[C@H]1COP(=O)(C[C@H](C)C(=O)OC(C)C)Oc1ccccc1. The van der Waals surface area contributed by atoms with Crippen LogP contribution in [0.2, 0.25) is 0 Å². The van der Waals surface area contributed by atoms with E-state index in [0.717, 1.165) is 0 Å². The molecule has 4 aromatic heterocycles. The van der Waals surface area contributed by atoms with E-state index in [1.165, 1.54) is 34.4 Å². The number of ether oxygens (including phenoxy) is 1. The molecule has 2 fully saturated rings. The van der Waals surface area contributed by atoms with Crippen LogP contribution in [0.5, 0.6) is 5.75 Å². The fraction of sp³-hybridized carbons (Fsp3) is 0.432. The van der Waals surface area contributed by atoms with Gasteiger partial charge in [-0.15, -0.1) is 0 Å². The predicted molar refractivity (Wildman–Crippen MR) is 208 cm³/mol. The number of para-hydroxylation sites is 1. The molecule has 0 radical (unpaired) electrons. The van der Waals surface area contributed by atoms with Gasteiger partial charge in [-0.05, 0) is 37.1 Å². The Bertz CT molecular complexity index is 2330. The molecule has 0 saturated heterocycles. The molecule has 0 aliphatic heterocycles. The zero-order valence-corrected chi connectivity index (χ0v) is 32.7. The molecular formula is C37H45F2N10O8P. The van der Waals surface area contributed by atoms with E-state index >= 15 is 4.39 Å². The van der Waals surface area contributed by atoms with Crippen LogP contribution in [0.3, 0.4) is 0 Å². The minimum Gasteiger partial charge on any atom is -0.463 e. The van der Waals surface area contributed by atoms with Crippen LogP contribution in [0.15, 0.2) is 79.9 Å². The molecule has 18 nitrogen and oxygen atoms in total. The van der Waals surface area contributed by atoms with Crippen molar-refractivity contribution < 1.29 is 47.2 Å². The molecule has 0 bridgehead atoms. The topological polar surface area (TPSA) is 262 Å². The Labute approximate surface area is 331 Å². The second kappa shape index (κ2) is 17.2. The highest BCUT2D eigenvalue weighted by Crippen LogP contribution is 2.52. The van der Waals surface area contributed by atoms with Crippen molar-refractivity contribution in [3.63, 3.8) is 0 Å². The molecule has 21 heteroatoms. The van der Waals surface area contributed by atoms with Crippen LogP contribution >= 0.6 is 7.60 Å². The normalized spacial score (nSPS) is 26.1. The molecule has 0 spiro atoms. The number of rotatable bonds is 12. The van der Waals surface area contributed by atoms with E-state index in [1.54, 1.807) is 51.1 Å². The van der Waals surface area contributed by atoms with Gasteiger partial charge in [-0.2, -0.15) is 0 Å². The maximum atomic E-state index is 15.4. The Morgan fingerprint density at radius 2 is 1.34 bits per heavy atom. The number of aromatic nitrogens is 8. The monoisotopic (exact) mass is 826 g/mol. The number of imidazole rings is 2. The molecule has 58 heavy (non-hydrogen) atoms. The molecule has 0 amide bonds. The second-order valence-corrected chi connectivity index (χ2v) is 16.4. The van der Waals surface area contributed by atoms with Crippen LogP contribution < -0.4 is 16.0 Å². The Balaban J connectivity index is 0.000000237. The summed E-state index contributed by atoms with van der Waals surface area (Å²) in [4.78, 5) is 36.5. The maximum Gasteiger partial charge on any atom is 0.380 e. The lowest BCUT2D eigenvalue weighted by molar-refractivity contribution is -0.151. The van der Waals surface area contributed by atoms with Crippen molar-refractivity contribution in [3.8, 4) is 5.75 Å². The van der Waals surface area contributed by atoms with E-state index in [-0.39, 0.29) is 48.5 Å². The largest absolute Gasteiger partial charge is 0.463 e. The smallest absolute Gasteiger partial charge is 0.380 e. The number of aliphatic hydroxyl groups is 3. The number of fused-ring (bicyclic) bond motifs is 2. The first-order valence-electron chi connectivity index (χ1n) is 18.2. The molecule has 2 aliphatic carbocycles. The summed E-state index contributed by atoms with van der Waals surface area (Å²) in [6.45, 7) is 12.0. The van der Waals surface area contributed by atoms with Crippen LogP contribution in [0.1, 0.15) is 32.9 Å². The average molecular weight is 827 g/mol. The highest BCUT2D eigenvalue weighted by molar-refractivity contribution is 7.54. The number of hydrogen-bond donors (Lipinski definition) is 5. The first-order chi connectivity index (χ1) is 27.6. The van der Waals surface area contributed by atoms with Gasteiger partial charge in [0.1, 0.15) is 29.4 Å². The van der Waals surface area contributed by atoms with Crippen LogP contribution in [0.25, 0.3) is 22.3 Å². The summed E-state index contributed by atoms with van der Waals surface area (Å²) >= 11 is 0. The summed E-state index contributed by atoms with van der Waals surface area (Å²) in [5.41, 5.74) is 13.6. The Morgan fingerprint density at radius 1 is 0.845 bits per heavy atom. The van der Waals surface area contributed by atoms with Crippen molar-refractivity contribution >= 4 is 47.5 Å². The molecule has 7 rings (SSSR count). The van der Waals surface area contributed by atoms with Crippen molar-refractivity contribution in [1.29, 1.82) is 0 Å². The Kier molecular flexibility index (Phi) is 12.5. The number of benzene rings is 1. The van der Waals surface area contributed by atoms with Crippen LogP contribution in [0.4, 0.5) is 20.4 Å². The van der Waals surface area contributed by atoms with Gasteiger partial charge in [0.2, 0.25) is 0 Å². The van der Waals surface area contributed by atoms with Gasteiger partial charge in [-0.25, -0.2) is 43.2 Å². The standard InChI is InChI=1S/C25H31FN5O6P.C12H14FN5O2/c1-14(2)36-25(33)15(3)11-38(34,37-17-8-6-5-7-9-17)35-10-18-16(4)21(19(26)22(18)32)31-13-30-20-23(27)28-12-29-24(20)31;1-5-6(2-19)10(20)7(13)9(5)18-4-17-8-11(14)15-3-16-12(8)18/h5-9,12-15,18-19,21-22,32H,4,10-11H2,1-3H3,(H2,27,28,29);3-4,6-7,9-10,19-20H,1-2H2,(H2,14,15,16)/t15-,18-,19?,21+,22-,38?;6-,7?,9+,10-/m00/s1. The zero-order valence-electron chi connectivity index (χ0n) is 31.8. The molecule has 1 aromatic carbocycles. The predicted octanol–water partition coefficient (Wildman–Crippen LogP) is 3.54. The van der Waals surface area contributed by atoms with E-state index in [0.29, 0.717) is 27.8 Å². The highest BCUT2D eigenvalue weighted by Gasteiger charge is 2.49. The first kappa shape index (κ1) is 42.2. The number of nitrogens with zero attached hydrogens (tertiary/aromatic N) is 8. The van der Waals surface area contributed by atoms with Crippen molar-refractivity contribution in [2.75, 3.05) is 30.8 Å². The summed E-state index contributed by atoms with van der Waals surface area (Å²) in [7, 11) is -3.98. The maximum absolute atomic E-state index is 15.4. The van der Waals surface area contributed by atoms with Gasteiger partial charge < -0.3 is 45.2 Å². The third kappa shape index (κ3) is 8.28. The van der Waals surface area contributed by atoms with Crippen LogP contribution in [0, 0.1) is 17.8 Å². The van der Waals surface area contributed by atoms with Crippen molar-refractivity contribution in [2.45, 2.75) is 63.5 Å². The number of halogens is 2. The number of anilines is 2. The van der Waals surface area contributed by atoms with Gasteiger partial charge in [-0.1, -0.05) is 38.3 Å². The number of alkyl halides is 2. The van der Waals surface area contributed by atoms with E-state index in [4.69, 9.17) is 25.3 Å². The number of hydrogen-bond acceptors (Lipinski definition) is 16. The van der Waals surface area contributed by atoms with Crippen LogP contribution in [-0.2, 0) is 18.6 Å². The summed E-state index contributed by atoms with van der Waals surface area (Å²) in [6.07, 6.45) is -1.56. The van der Waals surface area contributed by atoms with Crippen molar-refractivity contribution in [1.82, 2.24) is 39.0 Å². The molecule has 3 unspecified atom stereocenters. The second-order valence-electron chi connectivity index (χ2n) is 14.4. The van der Waals surface area contributed by atoms with E-state index in [2.05, 4.69) is 43.1 Å². The fourth-order valence-corrected chi connectivity index (χ4v) is 8.94. The number of nitrogen functional groups attached to an aromatic ring is 2. The van der Waals surface area contributed by atoms with Gasteiger partial charge in [0, 0.05) is 11.8 Å². The summed E-state index contributed by atoms with van der Waals surface area (Å²) in [5, 5.41) is 29.8. The minimum absolute atomic E-state index is 0.136. The van der Waals surface area contributed by atoms with Gasteiger partial charge in [0.05, 0.1) is 68.3 Å². The Morgan fingerprint density at radius 3 is 1.83 bits per heavy atom. The third-order valence-electron chi connectivity index (χ3n) is 10.1. The summed E-state index contributed by atoms with van der Waals surface area (Å²) in [6, 6.07) is 6.50. The first-order valence-corrected chi connectivity index (χ1v) is 20.0. The molecule has 7 N–H and O–H groups in total. The number of nitrogens with two attached hydrogens (primary N) is 2. The lowest BCUT2D eigenvalue weighted by atomic mass is 10.0. The number of carbonyl (C=O) groups is 1. The van der Waals surface area contributed by atoms with E-state index in [1.807, 2.05) is 0 Å². The number of esters is 1. The molecule has 2 saturated carbocycles. The zero-order chi connectivity index (χ0) is 42.1. The van der Waals surface area contributed by atoms with Gasteiger partial charge in [0.25, 0.3) is 0 Å². The van der Waals surface area contributed by atoms with E-state index in [9.17, 15) is 29.1 Å². The fourth-order valence-electron chi connectivity index (χ4n) is 7.06. The Hall–Kier alpha value is -5.40. The molecule has 2 aliphatic rings. The van der Waals surface area contributed by atoms with Gasteiger partial charge in [0.15, 0.2) is 35.3 Å². The minimum atomic E-state index is -3.98. The van der Waals surface area contributed by atoms with Gasteiger partial charge in [-0.3, -0.25) is 9.32 Å². The molecular weight excluding hydrogens is 781 g/mol.